The van der Waals surface area contributed by atoms with E-state index in [0.717, 1.165) is 22.6 Å². The molecule has 0 fully saturated rings. The lowest BCUT2D eigenvalue weighted by molar-refractivity contribution is -0.117. The molecule has 4 nitrogen and oxygen atoms in total. The van der Waals surface area contributed by atoms with Crippen LogP contribution in [0.4, 0.5) is 5.69 Å². The maximum atomic E-state index is 11.8. The minimum absolute atomic E-state index is 0.219. The van der Waals surface area contributed by atoms with Gasteiger partial charge >= 0.3 is 0 Å². The maximum absolute atomic E-state index is 11.8. The molecular formula is C14H20N2O2. The largest absolute Gasteiger partial charge is 0.496 e. The third kappa shape index (κ3) is 3.11. The number of hydrogen-bond donors (Lipinski definition) is 2. The van der Waals surface area contributed by atoms with Crippen molar-refractivity contribution < 1.29 is 9.53 Å². The van der Waals surface area contributed by atoms with Crippen molar-refractivity contribution in [1.29, 1.82) is 0 Å². The molecule has 98 valence electrons. The lowest BCUT2D eigenvalue weighted by atomic mass is 10.1. The van der Waals surface area contributed by atoms with Crippen LogP contribution in [0.3, 0.4) is 0 Å². The van der Waals surface area contributed by atoms with Crippen LogP contribution < -0.4 is 15.8 Å². The molecule has 1 unspecified atom stereocenters. The van der Waals surface area contributed by atoms with Gasteiger partial charge in [-0.05, 0) is 31.9 Å². The quantitative estimate of drug-likeness (QED) is 0.785. The molecule has 18 heavy (non-hydrogen) atoms. The van der Waals surface area contributed by atoms with Crippen molar-refractivity contribution in [2.75, 3.05) is 12.4 Å². The summed E-state index contributed by atoms with van der Waals surface area (Å²) in [5.74, 6) is 0.564. The number of nitrogens with one attached hydrogen (secondary N) is 1. The highest BCUT2D eigenvalue weighted by Gasteiger charge is 2.14. The molecule has 0 radical (unpaired) electrons. The number of rotatable bonds is 5. The second-order valence-corrected chi connectivity index (χ2v) is 4.21. The van der Waals surface area contributed by atoms with Gasteiger partial charge in [-0.2, -0.15) is 0 Å². The van der Waals surface area contributed by atoms with E-state index in [9.17, 15) is 4.79 Å². The molecule has 3 N–H and O–H groups in total. The Hall–Kier alpha value is -1.81. The summed E-state index contributed by atoms with van der Waals surface area (Å²) in [5.41, 5.74) is 8.37. The second-order valence-electron chi connectivity index (χ2n) is 4.21. The standard InChI is InChI=1S/C14H20N2O2/c1-5-6-11(15)14(17)16-12-8-7-9(2)13(18-4)10(12)3/h5,7-8,11H,1,6,15H2,2-4H3,(H,16,17). The number of carbonyl (C=O) groups excluding carboxylic acids is 1. The van der Waals surface area contributed by atoms with E-state index >= 15 is 0 Å². The van der Waals surface area contributed by atoms with Gasteiger partial charge in [-0.1, -0.05) is 12.1 Å². The summed E-state index contributed by atoms with van der Waals surface area (Å²) in [6, 6.07) is 3.18. The summed E-state index contributed by atoms with van der Waals surface area (Å²) in [7, 11) is 1.62. The van der Waals surface area contributed by atoms with E-state index in [-0.39, 0.29) is 5.91 Å². The molecule has 0 aliphatic heterocycles. The lowest BCUT2D eigenvalue weighted by Crippen LogP contribution is -2.35. The molecule has 0 spiro atoms. The maximum Gasteiger partial charge on any atom is 0.241 e. The van der Waals surface area contributed by atoms with E-state index in [1.165, 1.54) is 0 Å². The van der Waals surface area contributed by atoms with Gasteiger partial charge in [0.15, 0.2) is 0 Å². The van der Waals surface area contributed by atoms with E-state index in [1.807, 2.05) is 26.0 Å². The fourth-order valence-electron chi connectivity index (χ4n) is 1.79. The fraction of sp³-hybridized carbons (Fsp3) is 0.357. The van der Waals surface area contributed by atoms with Crippen LogP contribution in [0.25, 0.3) is 0 Å². The molecule has 0 aliphatic carbocycles. The summed E-state index contributed by atoms with van der Waals surface area (Å²) in [5, 5.41) is 2.80. The van der Waals surface area contributed by atoms with Gasteiger partial charge in [-0.15, -0.1) is 6.58 Å². The van der Waals surface area contributed by atoms with Gasteiger partial charge in [-0.25, -0.2) is 0 Å². The SMILES string of the molecule is C=CCC(N)C(=O)Nc1ccc(C)c(OC)c1C. The summed E-state index contributed by atoms with van der Waals surface area (Å²) < 4.78 is 5.31. The Balaban J connectivity index is 2.92. The van der Waals surface area contributed by atoms with Crippen LogP contribution in [0, 0.1) is 13.8 Å². The minimum atomic E-state index is -0.575. The molecule has 1 aromatic carbocycles. The first-order valence-electron chi connectivity index (χ1n) is 5.82. The third-order valence-electron chi connectivity index (χ3n) is 2.82. The van der Waals surface area contributed by atoms with Crippen LogP contribution in [0.1, 0.15) is 17.5 Å². The van der Waals surface area contributed by atoms with Crippen LogP contribution in [0.2, 0.25) is 0 Å². The summed E-state index contributed by atoms with van der Waals surface area (Å²) in [6.45, 7) is 7.43. The van der Waals surface area contributed by atoms with Gasteiger partial charge in [0.25, 0.3) is 0 Å². The van der Waals surface area contributed by atoms with Crippen LogP contribution in [0.5, 0.6) is 5.75 Å². The normalized spacial score (nSPS) is 11.8. The molecular weight excluding hydrogens is 228 g/mol. The van der Waals surface area contributed by atoms with Gasteiger partial charge in [0, 0.05) is 11.3 Å². The summed E-state index contributed by atoms with van der Waals surface area (Å²) in [4.78, 5) is 11.8. The Labute approximate surface area is 108 Å². The molecule has 1 atom stereocenters. The first-order chi connectivity index (χ1) is 8.51. The highest BCUT2D eigenvalue weighted by atomic mass is 16.5. The minimum Gasteiger partial charge on any atom is -0.496 e. The molecule has 0 saturated heterocycles. The molecule has 0 aromatic heterocycles. The van der Waals surface area contributed by atoms with Crippen LogP contribution in [-0.2, 0) is 4.79 Å². The highest BCUT2D eigenvalue weighted by molar-refractivity contribution is 5.95. The Morgan fingerprint density at radius 3 is 2.78 bits per heavy atom. The van der Waals surface area contributed by atoms with Crippen LogP contribution in [0.15, 0.2) is 24.8 Å². The summed E-state index contributed by atoms with van der Waals surface area (Å²) in [6.07, 6.45) is 2.08. The lowest BCUT2D eigenvalue weighted by Gasteiger charge is -2.15. The molecule has 0 saturated carbocycles. The van der Waals surface area contributed by atoms with E-state index in [2.05, 4.69) is 11.9 Å². The Morgan fingerprint density at radius 1 is 1.56 bits per heavy atom. The average molecular weight is 248 g/mol. The van der Waals surface area contributed by atoms with Gasteiger partial charge in [0.1, 0.15) is 5.75 Å². The molecule has 0 heterocycles. The number of benzene rings is 1. The number of aryl methyl sites for hydroxylation is 1. The Kier molecular flexibility index (Phi) is 4.92. The molecule has 4 heteroatoms. The van der Waals surface area contributed by atoms with Gasteiger partial charge < -0.3 is 15.8 Å². The number of nitrogens with two attached hydrogens (primary N) is 1. The zero-order chi connectivity index (χ0) is 13.7. The summed E-state index contributed by atoms with van der Waals surface area (Å²) >= 11 is 0. The molecule has 0 bridgehead atoms. The van der Waals surface area contributed by atoms with Crippen LogP contribution in [-0.4, -0.2) is 19.1 Å². The molecule has 1 aromatic rings. The molecule has 0 aliphatic rings. The topological polar surface area (TPSA) is 64.4 Å². The monoisotopic (exact) mass is 248 g/mol. The third-order valence-corrected chi connectivity index (χ3v) is 2.82. The zero-order valence-corrected chi connectivity index (χ0v) is 11.1. The van der Waals surface area contributed by atoms with Crippen molar-refractivity contribution in [3.8, 4) is 5.75 Å². The van der Waals surface area contributed by atoms with Crippen LogP contribution >= 0.6 is 0 Å². The first kappa shape index (κ1) is 14.3. The van der Waals surface area contributed by atoms with E-state index in [0.29, 0.717) is 6.42 Å². The number of amides is 1. The van der Waals surface area contributed by atoms with Gasteiger partial charge in [-0.3, -0.25) is 4.79 Å². The smallest absolute Gasteiger partial charge is 0.241 e. The van der Waals surface area contributed by atoms with Crippen molar-refractivity contribution in [2.45, 2.75) is 26.3 Å². The number of carbonyl (C=O) groups is 1. The number of anilines is 1. The Bertz CT molecular complexity index is 455. The van der Waals surface area contributed by atoms with Crippen molar-refractivity contribution in [2.24, 2.45) is 5.73 Å². The van der Waals surface area contributed by atoms with E-state index in [1.54, 1.807) is 13.2 Å². The first-order valence-corrected chi connectivity index (χ1v) is 5.82. The Morgan fingerprint density at radius 2 is 2.22 bits per heavy atom. The van der Waals surface area contributed by atoms with Gasteiger partial charge in [0.2, 0.25) is 5.91 Å². The van der Waals surface area contributed by atoms with Crippen molar-refractivity contribution in [3.63, 3.8) is 0 Å². The van der Waals surface area contributed by atoms with Crippen molar-refractivity contribution in [3.05, 3.63) is 35.9 Å². The molecule has 1 amide bonds. The number of ether oxygens (including phenoxy) is 1. The predicted octanol–water partition coefficient (Wildman–Crippen LogP) is 2.15. The number of methoxy groups -OCH3 is 1. The highest BCUT2D eigenvalue weighted by Crippen LogP contribution is 2.29. The fourth-order valence-corrected chi connectivity index (χ4v) is 1.79. The van der Waals surface area contributed by atoms with Crippen molar-refractivity contribution >= 4 is 11.6 Å². The molecule has 1 rings (SSSR count). The predicted molar refractivity (Wildman–Crippen MR) is 73.9 cm³/mol. The van der Waals surface area contributed by atoms with E-state index < -0.39 is 6.04 Å². The van der Waals surface area contributed by atoms with E-state index in [4.69, 9.17) is 10.5 Å². The average Bonchev–Trinajstić information content (AvgIpc) is 2.33. The number of hydrogen-bond acceptors (Lipinski definition) is 3. The van der Waals surface area contributed by atoms with Crippen molar-refractivity contribution in [1.82, 2.24) is 0 Å². The van der Waals surface area contributed by atoms with Gasteiger partial charge in [0.05, 0.1) is 13.2 Å². The second kappa shape index (κ2) is 6.21. The zero-order valence-electron chi connectivity index (χ0n) is 11.1.